The minimum absolute atomic E-state index is 0.138. The van der Waals surface area contributed by atoms with Gasteiger partial charge < -0.3 is 5.32 Å². The van der Waals surface area contributed by atoms with E-state index in [1.807, 2.05) is 6.07 Å². The molecular weight excluding hydrogens is 469 g/mol. The van der Waals surface area contributed by atoms with Crippen molar-refractivity contribution in [2.45, 2.75) is 89.8 Å². The minimum atomic E-state index is -4.42. The van der Waals surface area contributed by atoms with Crippen molar-refractivity contribution in [3.05, 3.63) is 47.1 Å². The summed E-state index contributed by atoms with van der Waals surface area (Å²) in [6.45, 7) is 6.52. The second kappa shape index (κ2) is 10.6. The van der Waals surface area contributed by atoms with Gasteiger partial charge in [-0.15, -0.1) is 11.3 Å². The van der Waals surface area contributed by atoms with Crippen LogP contribution in [0.1, 0.15) is 82.7 Å². The van der Waals surface area contributed by atoms with E-state index >= 15 is 0 Å². The van der Waals surface area contributed by atoms with Gasteiger partial charge in [0.1, 0.15) is 0 Å². The third kappa shape index (κ3) is 5.85. The molecule has 0 aliphatic heterocycles. The number of alkyl halides is 3. The average Bonchev–Trinajstić information content (AvgIpc) is 3.50. The number of nitrogens with one attached hydrogen (secondary N) is 1. The van der Waals surface area contributed by atoms with Crippen LogP contribution in [-0.2, 0) is 11.6 Å². The number of nitrogens with zero attached hydrogens (tertiary/aromatic N) is 3. The summed E-state index contributed by atoms with van der Waals surface area (Å²) >= 11 is 1.55. The molecule has 0 saturated heterocycles. The fraction of sp³-hybridized carbons (Fsp3) is 0.519. The third-order valence-corrected chi connectivity index (χ3v) is 8.17. The second-order valence-electron chi connectivity index (χ2n) is 9.73. The molecule has 1 saturated carbocycles. The van der Waals surface area contributed by atoms with Gasteiger partial charge in [-0.1, -0.05) is 58.6 Å². The third-order valence-electron chi connectivity index (χ3n) is 6.79. The van der Waals surface area contributed by atoms with E-state index < -0.39 is 11.7 Å². The highest BCUT2D eigenvalue weighted by atomic mass is 32.1. The van der Waals surface area contributed by atoms with Crippen molar-refractivity contribution in [2.24, 2.45) is 0 Å². The molecule has 1 N–H and O–H groups in total. The largest absolute Gasteiger partial charge is 0.416 e. The number of thiazole rings is 1. The average molecular weight is 503 g/mol. The lowest BCUT2D eigenvalue weighted by molar-refractivity contribution is -0.137. The van der Waals surface area contributed by atoms with Crippen LogP contribution in [0.25, 0.3) is 21.8 Å². The Labute approximate surface area is 209 Å². The van der Waals surface area contributed by atoms with Gasteiger partial charge in [0.15, 0.2) is 0 Å². The molecule has 3 aromatic rings. The molecule has 0 atom stereocenters. The summed E-state index contributed by atoms with van der Waals surface area (Å²) in [4.78, 5) is 15.0. The molecular formula is C27H33F3N4S. The Balaban J connectivity index is 1.82. The Morgan fingerprint density at radius 3 is 2.40 bits per heavy atom. The molecule has 1 aromatic carbocycles. The Morgan fingerprint density at radius 2 is 1.74 bits per heavy atom. The maximum absolute atomic E-state index is 13.5. The van der Waals surface area contributed by atoms with E-state index in [2.05, 4.69) is 31.1 Å². The predicted octanol–water partition coefficient (Wildman–Crippen LogP) is 8.50. The van der Waals surface area contributed by atoms with Crippen molar-refractivity contribution in [3.63, 3.8) is 0 Å². The normalized spacial score (nSPS) is 15.0. The molecule has 0 bridgehead atoms. The van der Waals surface area contributed by atoms with Crippen molar-refractivity contribution < 1.29 is 13.2 Å². The van der Waals surface area contributed by atoms with Crippen molar-refractivity contribution in [1.82, 2.24) is 15.0 Å². The van der Waals surface area contributed by atoms with Crippen LogP contribution in [0, 0.1) is 0 Å². The van der Waals surface area contributed by atoms with Crippen molar-refractivity contribution in [1.29, 1.82) is 0 Å². The maximum Gasteiger partial charge on any atom is 0.416 e. The second-order valence-corrected chi connectivity index (χ2v) is 10.7. The van der Waals surface area contributed by atoms with Gasteiger partial charge in [-0.05, 0) is 43.9 Å². The number of rotatable bonds is 9. The van der Waals surface area contributed by atoms with Gasteiger partial charge in [0, 0.05) is 23.2 Å². The Morgan fingerprint density at radius 1 is 1.03 bits per heavy atom. The molecule has 35 heavy (non-hydrogen) atoms. The molecule has 0 spiro atoms. The highest BCUT2D eigenvalue weighted by Gasteiger charge is 2.33. The van der Waals surface area contributed by atoms with Gasteiger partial charge in [-0.2, -0.15) is 13.2 Å². The molecule has 8 heteroatoms. The van der Waals surface area contributed by atoms with E-state index in [0.717, 1.165) is 54.5 Å². The zero-order chi connectivity index (χ0) is 25.1. The van der Waals surface area contributed by atoms with E-state index in [1.165, 1.54) is 25.0 Å². The van der Waals surface area contributed by atoms with Gasteiger partial charge in [0.2, 0.25) is 5.95 Å². The van der Waals surface area contributed by atoms with Gasteiger partial charge in [-0.3, -0.25) is 0 Å². The van der Waals surface area contributed by atoms with Crippen LogP contribution in [0.15, 0.2) is 36.5 Å². The van der Waals surface area contributed by atoms with E-state index in [9.17, 15) is 13.2 Å². The van der Waals surface area contributed by atoms with E-state index in [1.54, 1.807) is 23.6 Å². The number of hydrogen-bond acceptors (Lipinski definition) is 5. The van der Waals surface area contributed by atoms with E-state index in [-0.39, 0.29) is 5.41 Å². The maximum atomic E-state index is 13.5. The van der Waals surface area contributed by atoms with E-state index in [4.69, 9.17) is 9.97 Å². The molecule has 0 amide bonds. The zero-order valence-corrected chi connectivity index (χ0v) is 21.4. The lowest BCUT2D eigenvalue weighted by Gasteiger charge is -2.26. The summed E-state index contributed by atoms with van der Waals surface area (Å²) in [6, 6.07) is 7.63. The Bertz CT molecular complexity index is 1130. The van der Waals surface area contributed by atoms with E-state index in [0.29, 0.717) is 28.9 Å². The first-order chi connectivity index (χ1) is 16.7. The van der Waals surface area contributed by atoms with Crippen LogP contribution >= 0.6 is 11.3 Å². The van der Waals surface area contributed by atoms with Gasteiger partial charge >= 0.3 is 6.18 Å². The van der Waals surface area contributed by atoms with Crippen molar-refractivity contribution in [3.8, 4) is 21.8 Å². The fourth-order valence-electron chi connectivity index (χ4n) is 5.04. The highest BCUT2D eigenvalue weighted by Crippen LogP contribution is 2.44. The monoisotopic (exact) mass is 502 g/mol. The highest BCUT2D eigenvalue weighted by molar-refractivity contribution is 7.15. The van der Waals surface area contributed by atoms with Crippen LogP contribution in [-0.4, -0.2) is 21.0 Å². The molecule has 2 heterocycles. The van der Waals surface area contributed by atoms with Gasteiger partial charge in [0.25, 0.3) is 0 Å². The first-order valence-corrected chi connectivity index (χ1v) is 13.3. The number of halogens is 3. The number of anilines is 1. The molecule has 188 valence electrons. The summed E-state index contributed by atoms with van der Waals surface area (Å²) in [5.41, 5.74) is 0.885. The summed E-state index contributed by atoms with van der Waals surface area (Å²) in [7, 11) is 0. The smallest absolute Gasteiger partial charge is 0.351 e. The summed E-state index contributed by atoms with van der Waals surface area (Å²) in [6.07, 6.45) is 5.84. The summed E-state index contributed by atoms with van der Waals surface area (Å²) < 4.78 is 40.5. The van der Waals surface area contributed by atoms with Crippen LogP contribution < -0.4 is 5.32 Å². The van der Waals surface area contributed by atoms with Gasteiger partial charge in [0.05, 0.1) is 26.8 Å². The minimum Gasteiger partial charge on any atom is -0.351 e. The topological polar surface area (TPSA) is 50.7 Å². The van der Waals surface area contributed by atoms with Crippen LogP contribution in [0.5, 0.6) is 0 Å². The summed E-state index contributed by atoms with van der Waals surface area (Å²) in [5.74, 6) is 0.559. The van der Waals surface area contributed by atoms with Crippen LogP contribution in [0.4, 0.5) is 19.1 Å². The van der Waals surface area contributed by atoms with Crippen LogP contribution in [0.2, 0.25) is 0 Å². The first-order valence-electron chi connectivity index (χ1n) is 12.5. The standard InChI is InChI=1S/C27H33F3N4S/c1-4-14-26(3,15-5-2)24-34-22(18-9-8-10-19(17-18)27(28,29)30)23(35-24)21-13-16-31-25(33-21)32-20-11-6-7-12-20/h8-10,13,16-17,20H,4-7,11-12,14-15H2,1-3H3,(H,31,32,33). The molecule has 1 aliphatic carbocycles. The summed E-state index contributed by atoms with van der Waals surface area (Å²) in [5, 5.41) is 4.38. The van der Waals surface area contributed by atoms with Crippen molar-refractivity contribution in [2.75, 3.05) is 5.32 Å². The number of aromatic nitrogens is 3. The Hall–Kier alpha value is -2.48. The lowest BCUT2D eigenvalue weighted by Crippen LogP contribution is -2.21. The van der Waals surface area contributed by atoms with Crippen molar-refractivity contribution >= 4 is 17.3 Å². The Kier molecular flexibility index (Phi) is 7.79. The fourth-order valence-corrected chi connectivity index (χ4v) is 6.30. The molecule has 4 rings (SSSR count). The van der Waals surface area contributed by atoms with Gasteiger partial charge in [-0.25, -0.2) is 15.0 Å². The number of hydrogen-bond donors (Lipinski definition) is 1. The first kappa shape index (κ1) is 25.6. The quantitative estimate of drug-likeness (QED) is 0.319. The molecule has 0 unspecified atom stereocenters. The molecule has 0 radical (unpaired) electrons. The number of benzene rings is 1. The SMILES string of the molecule is CCCC(C)(CCC)c1nc(-c2cccc(C(F)(F)F)c2)c(-c2ccnc(NC3CCCC3)n2)s1. The predicted molar refractivity (Wildman–Crippen MR) is 137 cm³/mol. The molecule has 4 nitrogen and oxygen atoms in total. The van der Waals surface area contributed by atoms with Crippen LogP contribution in [0.3, 0.4) is 0 Å². The lowest BCUT2D eigenvalue weighted by atomic mass is 9.82. The molecule has 1 fully saturated rings. The zero-order valence-electron chi connectivity index (χ0n) is 20.6. The molecule has 1 aliphatic rings. The molecule has 2 aromatic heterocycles.